The molecule has 1 aromatic heterocycles. The average molecular weight is 299 g/mol. The molecule has 0 radical (unpaired) electrons. The van der Waals surface area contributed by atoms with E-state index in [9.17, 15) is 0 Å². The molecule has 2 rings (SSSR count). The molecule has 0 saturated carbocycles. The highest BCUT2D eigenvalue weighted by Gasteiger charge is 2.22. The molecule has 0 amide bonds. The maximum Gasteiger partial charge on any atom is 0.212 e. The molecule has 1 aromatic carbocycles. The SMILES string of the molecule is Cc1ccc(C(C)C)cc1-c1ccc([Si](C)(C)C)c[n+]1C. The van der Waals surface area contributed by atoms with Gasteiger partial charge in [0.1, 0.15) is 7.05 Å². The molecule has 0 unspecified atom stereocenters. The van der Waals surface area contributed by atoms with Crippen molar-refractivity contribution in [1.82, 2.24) is 0 Å². The highest BCUT2D eigenvalue weighted by molar-refractivity contribution is 6.88. The van der Waals surface area contributed by atoms with Crippen LogP contribution in [-0.2, 0) is 7.05 Å². The first-order chi connectivity index (χ1) is 9.70. The number of pyridine rings is 1. The van der Waals surface area contributed by atoms with E-state index in [0.717, 1.165) is 0 Å². The van der Waals surface area contributed by atoms with Gasteiger partial charge in [-0.15, -0.1) is 0 Å². The van der Waals surface area contributed by atoms with Crippen molar-refractivity contribution in [3.05, 3.63) is 47.7 Å². The van der Waals surface area contributed by atoms with Gasteiger partial charge in [-0.3, -0.25) is 0 Å². The molecule has 2 aromatic rings. The number of hydrogen-bond donors (Lipinski definition) is 0. The lowest BCUT2D eigenvalue weighted by Gasteiger charge is -2.16. The van der Waals surface area contributed by atoms with Gasteiger partial charge < -0.3 is 0 Å². The van der Waals surface area contributed by atoms with Crippen molar-refractivity contribution in [3.63, 3.8) is 0 Å². The van der Waals surface area contributed by atoms with E-state index in [4.69, 9.17) is 0 Å². The van der Waals surface area contributed by atoms with Gasteiger partial charge in [0.15, 0.2) is 6.20 Å². The molecule has 0 fully saturated rings. The summed E-state index contributed by atoms with van der Waals surface area (Å²) in [4.78, 5) is 0. The molecule has 0 N–H and O–H groups in total. The third-order valence-corrected chi connectivity index (χ3v) is 6.23. The zero-order valence-electron chi connectivity index (χ0n) is 14.5. The molecule has 112 valence electrons. The third-order valence-electron chi connectivity index (χ3n) is 4.20. The maximum atomic E-state index is 2.40. The summed E-state index contributed by atoms with van der Waals surface area (Å²) in [7, 11) is 0.915. The second kappa shape index (κ2) is 5.76. The normalized spacial score (nSPS) is 12.0. The van der Waals surface area contributed by atoms with Crippen LogP contribution in [0.2, 0.25) is 19.6 Å². The predicted molar refractivity (Wildman–Crippen MR) is 94.9 cm³/mol. The second-order valence-corrected chi connectivity index (χ2v) is 12.5. The minimum atomic E-state index is -1.25. The number of rotatable bonds is 3. The van der Waals surface area contributed by atoms with Crippen LogP contribution in [0.5, 0.6) is 0 Å². The van der Waals surface area contributed by atoms with Crippen LogP contribution in [-0.4, -0.2) is 8.07 Å². The number of hydrogen-bond acceptors (Lipinski definition) is 0. The highest BCUT2D eigenvalue weighted by atomic mass is 28.3. The molecule has 0 spiro atoms. The molecule has 21 heavy (non-hydrogen) atoms. The standard InChI is InChI=1S/C19H28NSi/c1-14(2)16-9-8-15(3)18(12-16)19-11-10-17(13-20(19)4)21(5,6)7/h8-14H,1-7H3/q+1. The molecule has 0 aliphatic rings. The molecule has 2 heteroatoms. The van der Waals surface area contributed by atoms with Gasteiger partial charge in [-0.2, -0.15) is 0 Å². The van der Waals surface area contributed by atoms with Gasteiger partial charge in [0.05, 0.1) is 8.07 Å². The van der Waals surface area contributed by atoms with Gasteiger partial charge in [0.2, 0.25) is 5.69 Å². The van der Waals surface area contributed by atoms with E-state index >= 15 is 0 Å². The summed E-state index contributed by atoms with van der Waals surface area (Å²) in [5.74, 6) is 0.566. The Morgan fingerprint density at radius 3 is 2.19 bits per heavy atom. The van der Waals surface area contributed by atoms with E-state index in [1.54, 1.807) is 0 Å². The Labute approximate surface area is 130 Å². The lowest BCUT2D eigenvalue weighted by Crippen LogP contribution is -2.44. The zero-order valence-corrected chi connectivity index (χ0v) is 15.5. The number of benzene rings is 1. The summed E-state index contributed by atoms with van der Waals surface area (Å²) >= 11 is 0. The van der Waals surface area contributed by atoms with Gasteiger partial charge in [-0.1, -0.05) is 51.7 Å². The molecule has 0 bridgehead atoms. The first kappa shape index (κ1) is 16.0. The van der Waals surface area contributed by atoms with Crippen molar-refractivity contribution in [2.45, 2.75) is 46.3 Å². The molecule has 1 nitrogen and oxygen atoms in total. The smallest absolute Gasteiger partial charge is 0.201 e. The number of aromatic nitrogens is 1. The van der Waals surface area contributed by atoms with Gasteiger partial charge >= 0.3 is 0 Å². The van der Waals surface area contributed by atoms with E-state index in [2.05, 4.69) is 88.6 Å². The fourth-order valence-electron chi connectivity index (χ4n) is 2.61. The summed E-state index contributed by atoms with van der Waals surface area (Å²) in [6.45, 7) is 13.9. The molecular weight excluding hydrogens is 270 g/mol. The minimum absolute atomic E-state index is 0.566. The Morgan fingerprint density at radius 2 is 1.67 bits per heavy atom. The van der Waals surface area contributed by atoms with Crippen molar-refractivity contribution >= 4 is 13.3 Å². The van der Waals surface area contributed by atoms with Crippen LogP contribution in [0.3, 0.4) is 0 Å². The number of aryl methyl sites for hydroxylation is 2. The van der Waals surface area contributed by atoms with Crippen molar-refractivity contribution in [1.29, 1.82) is 0 Å². The second-order valence-electron chi connectivity index (χ2n) is 7.39. The Kier molecular flexibility index (Phi) is 4.38. The number of nitrogens with zero attached hydrogens (tertiary/aromatic N) is 1. The molecule has 1 heterocycles. The van der Waals surface area contributed by atoms with E-state index in [1.807, 2.05) is 0 Å². The third kappa shape index (κ3) is 3.43. The minimum Gasteiger partial charge on any atom is -0.201 e. The predicted octanol–water partition coefficient (Wildman–Crippen LogP) is 4.16. The lowest BCUT2D eigenvalue weighted by molar-refractivity contribution is -0.659. The zero-order chi connectivity index (χ0) is 15.8. The molecule has 0 aliphatic heterocycles. The fourth-order valence-corrected chi connectivity index (χ4v) is 3.77. The highest BCUT2D eigenvalue weighted by Crippen LogP contribution is 2.25. The van der Waals surface area contributed by atoms with Gasteiger partial charge in [0, 0.05) is 16.8 Å². The molecule has 0 saturated heterocycles. The van der Waals surface area contributed by atoms with Crippen LogP contribution in [0.1, 0.15) is 30.9 Å². The van der Waals surface area contributed by atoms with Crippen molar-refractivity contribution in [3.8, 4) is 11.3 Å². The van der Waals surface area contributed by atoms with E-state index < -0.39 is 8.07 Å². The van der Waals surface area contributed by atoms with Gasteiger partial charge in [-0.05, 0) is 30.0 Å². The Balaban J connectivity index is 2.55. The lowest BCUT2D eigenvalue weighted by atomic mass is 9.96. The first-order valence-electron chi connectivity index (χ1n) is 7.81. The van der Waals surface area contributed by atoms with Crippen LogP contribution < -0.4 is 9.75 Å². The summed E-state index contributed by atoms with van der Waals surface area (Å²) < 4.78 is 2.29. The topological polar surface area (TPSA) is 3.88 Å². The maximum absolute atomic E-state index is 2.40. The van der Waals surface area contributed by atoms with Crippen LogP contribution in [0.25, 0.3) is 11.3 Å². The summed E-state index contributed by atoms with van der Waals surface area (Å²) in [5, 5.41) is 1.51. The van der Waals surface area contributed by atoms with Crippen molar-refractivity contribution in [2.75, 3.05) is 0 Å². The summed E-state index contributed by atoms with van der Waals surface area (Å²) in [6.07, 6.45) is 2.32. The van der Waals surface area contributed by atoms with Crippen LogP contribution >= 0.6 is 0 Å². The molecular formula is C19H28NSi+. The summed E-state index contributed by atoms with van der Waals surface area (Å²) in [5.41, 5.74) is 5.41. The molecule has 0 atom stereocenters. The average Bonchev–Trinajstić information content (AvgIpc) is 2.38. The van der Waals surface area contributed by atoms with Gasteiger partial charge in [0.25, 0.3) is 0 Å². The largest absolute Gasteiger partial charge is 0.212 e. The van der Waals surface area contributed by atoms with Crippen LogP contribution in [0.15, 0.2) is 36.5 Å². The van der Waals surface area contributed by atoms with E-state index in [-0.39, 0.29) is 0 Å². The van der Waals surface area contributed by atoms with Crippen LogP contribution in [0.4, 0.5) is 0 Å². The quantitative estimate of drug-likeness (QED) is 0.592. The van der Waals surface area contributed by atoms with Crippen molar-refractivity contribution < 1.29 is 4.57 Å². The van der Waals surface area contributed by atoms with Gasteiger partial charge in [-0.25, -0.2) is 4.57 Å². The first-order valence-corrected chi connectivity index (χ1v) is 11.3. The molecule has 0 aliphatic carbocycles. The van der Waals surface area contributed by atoms with E-state index in [1.165, 1.54) is 27.6 Å². The van der Waals surface area contributed by atoms with Crippen molar-refractivity contribution in [2.24, 2.45) is 7.05 Å². The fraction of sp³-hybridized carbons (Fsp3) is 0.421. The van der Waals surface area contributed by atoms with Crippen LogP contribution in [0, 0.1) is 6.92 Å². The summed E-state index contributed by atoms with van der Waals surface area (Å²) in [6, 6.07) is 11.5. The van der Waals surface area contributed by atoms with E-state index in [0.29, 0.717) is 5.92 Å². The Morgan fingerprint density at radius 1 is 1.00 bits per heavy atom. The monoisotopic (exact) mass is 298 g/mol. The Hall–Kier alpha value is -1.41. The Bertz CT molecular complexity index is 651.